The second-order valence-electron chi connectivity index (χ2n) is 12.5. The molecule has 0 N–H and O–H groups in total. The molecule has 1 heterocycles. The van der Waals surface area contributed by atoms with Crippen LogP contribution in [0, 0.1) is 0 Å². The standard InChI is InChI=1S/C36H72N2/c1-4-7-9-11-13-15-17-18-19-20-22-24-26-28-30-33-38-35-34-37(36(38)31-6-3)32-29-27-25-23-21-16-14-12-10-8-5-2/h34-36H,4-33H2,1-3H3. The molecule has 0 aromatic carbocycles. The van der Waals surface area contributed by atoms with Crippen LogP contribution < -0.4 is 0 Å². The molecular weight excluding hydrogens is 460 g/mol. The Hall–Kier alpha value is -0.660. The molecule has 0 saturated heterocycles. The second kappa shape index (κ2) is 27.9. The lowest BCUT2D eigenvalue weighted by atomic mass is 10.0. The van der Waals surface area contributed by atoms with Gasteiger partial charge < -0.3 is 9.80 Å². The lowest BCUT2D eigenvalue weighted by Crippen LogP contribution is -2.39. The molecule has 226 valence electrons. The maximum Gasteiger partial charge on any atom is 0.101 e. The molecular formula is C36H72N2. The highest BCUT2D eigenvalue weighted by Crippen LogP contribution is 2.22. The molecule has 2 nitrogen and oxygen atoms in total. The summed E-state index contributed by atoms with van der Waals surface area (Å²) in [6.07, 6.45) is 45.5. The van der Waals surface area contributed by atoms with Gasteiger partial charge in [-0.3, -0.25) is 0 Å². The first-order valence-corrected chi connectivity index (χ1v) is 18.0. The number of hydrogen-bond acceptors (Lipinski definition) is 2. The van der Waals surface area contributed by atoms with Crippen molar-refractivity contribution >= 4 is 0 Å². The lowest BCUT2D eigenvalue weighted by Gasteiger charge is -2.33. The lowest BCUT2D eigenvalue weighted by molar-refractivity contribution is 0.138. The van der Waals surface area contributed by atoms with E-state index in [-0.39, 0.29) is 0 Å². The van der Waals surface area contributed by atoms with Gasteiger partial charge in [0.1, 0.15) is 6.17 Å². The molecule has 1 rings (SSSR count). The Labute approximate surface area is 241 Å². The van der Waals surface area contributed by atoms with Gasteiger partial charge in [0, 0.05) is 25.5 Å². The van der Waals surface area contributed by atoms with E-state index in [0.717, 1.165) is 0 Å². The fraction of sp³-hybridized carbons (Fsp3) is 0.944. The summed E-state index contributed by atoms with van der Waals surface area (Å²) in [6, 6.07) is 0. The smallest absolute Gasteiger partial charge is 0.101 e. The minimum Gasteiger partial charge on any atom is -0.356 e. The van der Waals surface area contributed by atoms with Gasteiger partial charge in [0.15, 0.2) is 0 Å². The van der Waals surface area contributed by atoms with Gasteiger partial charge in [-0.1, -0.05) is 181 Å². The normalized spacial score (nSPS) is 15.3. The second-order valence-corrected chi connectivity index (χ2v) is 12.5. The van der Waals surface area contributed by atoms with Crippen LogP contribution in [0.25, 0.3) is 0 Å². The Balaban J connectivity index is 1.95. The summed E-state index contributed by atoms with van der Waals surface area (Å²) in [5.74, 6) is 0. The Bertz CT molecular complexity index is 488. The fourth-order valence-corrected chi connectivity index (χ4v) is 6.22. The molecule has 0 amide bonds. The van der Waals surface area contributed by atoms with E-state index < -0.39 is 0 Å². The molecule has 0 fully saturated rings. The third-order valence-corrected chi connectivity index (χ3v) is 8.80. The maximum atomic E-state index is 2.66. The topological polar surface area (TPSA) is 6.48 Å². The molecule has 0 spiro atoms. The average molecular weight is 533 g/mol. The van der Waals surface area contributed by atoms with Gasteiger partial charge in [0.25, 0.3) is 0 Å². The average Bonchev–Trinajstić information content (AvgIpc) is 3.30. The van der Waals surface area contributed by atoms with Crippen LogP contribution in [0.5, 0.6) is 0 Å². The Kier molecular flexibility index (Phi) is 26.0. The van der Waals surface area contributed by atoms with Gasteiger partial charge in [0.05, 0.1) is 0 Å². The number of hydrogen-bond donors (Lipinski definition) is 0. The van der Waals surface area contributed by atoms with E-state index in [2.05, 4.69) is 43.0 Å². The van der Waals surface area contributed by atoms with Crippen LogP contribution in [0.2, 0.25) is 0 Å². The maximum absolute atomic E-state index is 2.66. The summed E-state index contributed by atoms with van der Waals surface area (Å²) in [5.41, 5.74) is 0. The molecule has 0 saturated carbocycles. The third kappa shape index (κ3) is 20.3. The molecule has 1 atom stereocenters. The minimum atomic E-state index is 0.634. The summed E-state index contributed by atoms with van der Waals surface area (Å²) in [7, 11) is 0. The number of rotatable bonds is 30. The molecule has 38 heavy (non-hydrogen) atoms. The van der Waals surface area contributed by atoms with Crippen molar-refractivity contribution in [1.82, 2.24) is 9.80 Å². The Morgan fingerprint density at radius 3 is 0.868 bits per heavy atom. The summed E-state index contributed by atoms with van der Waals surface area (Å²) in [4.78, 5) is 5.31. The molecule has 1 aliphatic heterocycles. The fourth-order valence-electron chi connectivity index (χ4n) is 6.22. The first-order chi connectivity index (χ1) is 18.8. The molecule has 0 bridgehead atoms. The quantitative estimate of drug-likeness (QED) is 0.0848. The summed E-state index contributed by atoms with van der Waals surface area (Å²) in [6.45, 7) is 9.48. The largest absolute Gasteiger partial charge is 0.356 e. The molecule has 0 aromatic rings. The van der Waals surface area contributed by atoms with Crippen LogP contribution in [0.15, 0.2) is 12.4 Å². The summed E-state index contributed by atoms with van der Waals surface area (Å²) >= 11 is 0. The van der Waals surface area contributed by atoms with Gasteiger partial charge in [-0.15, -0.1) is 0 Å². The number of nitrogens with zero attached hydrogens (tertiary/aromatic N) is 2. The predicted octanol–water partition coefficient (Wildman–Crippen LogP) is 12.4. The first kappa shape index (κ1) is 35.4. The van der Waals surface area contributed by atoms with E-state index in [1.807, 2.05) is 0 Å². The van der Waals surface area contributed by atoms with E-state index in [1.54, 1.807) is 0 Å². The Morgan fingerprint density at radius 2 is 0.605 bits per heavy atom. The molecule has 0 aliphatic carbocycles. The first-order valence-electron chi connectivity index (χ1n) is 18.0. The van der Waals surface area contributed by atoms with Gasteiger partial charge in [-0.25, -0.2) is 0 Å². The van der Waals surface area contributed by atoms with Crippen molar-refractivity contribution in [3.8, 4) is 0 Å². The van der Waals surface area contributed by atoms with E-state index >= 15 is 0 Å². The predicted molar refractivity (Wildman–Crippen MR) is 173 cm³/mol. The molecule has 0 aromatic heterocycles. The summed E-state index contributed by atoms with van der Waals surface area (Å²) < 4.78 is 0. The Morgan fingerprint density at radius 1 is 0.342 bits per heavy atom. The van der Waals surface area contributed by atoms with Gasteiger partial charge in [-0.2, -0.15) is 0 Å². The monoisotopic (exact) mass is 533 g/mol. The molecule has 2 heteroatoms. The zero-order chi connectivity index (χ0) is 27.4. The van der Waals surface area contributed by atoms with Crippen molar-refractivity contribution in [2.24, 2.45) is 0 Å². The van der Waals surface area contributed by atoms with Crippen molar-refractivity contribution in [1.29, 1.82) is 0 Å². The van der Waals surface area contributed by atoms with Gasteiger partial charge in [-0.05, 0) is 19.3 Å². The van der Waals surface area contributed by atoms with Crippen molar-refractivity contribution < 1.29 is 0 Å². The van der Waals surface area contributed by atoms with E-state index in [9.17, 15) is 0 Å². The van der Waals surface area contributed by atoms with Crippen LogP contribution in [0.1, 0.15) is 201 Å². The van der Waals surface area contributed by atoms with Gasteiger partial charge in [0.2, 0.25) is 0 Å². The third-order valence-electron chi connectivity index (χ3n) is 8.80. The highest BCUT2D eigenvalue weighted by atomic mass is 15.4. The van der Waals surface area contributed by atoms with E-state index in [1.165, 1.54) is 193 Å². The molecule has 1 aliphatic rings. The van der Waals surface area contributed by atoms with E-state index in [4.69, 9.17) is 0 Å². The van der Waals surface area contributed by atoms with Crippen LogP contribution in [-0.2, 0) is 0 Å². The summed E-state index contributed by atoms with van der Waals surface area (Å²) in [5, 5.41) is 0. The van der Waals surface area contributed by atoms with Crippen LogP contribution in [-0.4, -0.2) is 29.1 Å². The van der Waals surface area contributed by atoms with Crippen molar-refractivity contribution in [2.45, 2.75) is 207 Å². The molecule has 1 unspecified atom stereocenters. The van der Waals surface area contributed by atoms with Crippen molar-refractivity contribution in [3.63, 3.8) is 0 Å². The van der Waals surface area contributed by atoms with Crippen LogP contribution in [0.4, 0.5) is 0 Å². The highest BCUT2D eigenvalue weighted by molar-refractivity contribution is 4.96. The SMILES string of the molecule is CCCCCCCCCCCCCCCCCN1C=CN(CCCCCCCCCCCCC)C1CCC. The van der Waals surface area contributed by atoms with E-state index in [0.29, 0.717) is 6.17 Å². The van der Waals surface area contributed by atoms with Crippen molar-refractivity contribution in [3.05, 3.63) is 12.4 Å². The zero-order valence-electron chi connectivity index (χ0n) is 26.8. The molecule has 0 radical (unpaired) electrons. The van der Waals surface area contributed by atoms with Crippen molar-refractivity contribution in [2.75, 3.05) is 13.1 Å². The minimum absolute atomic E-state index is 0.634. The van der Waals surface area contributed by atoms with Crippen LogP contribution in [0.3, 0.4) is 0 Å². The van der Waals surface area contributed by atoms with Gasteiger partial charge >= 0.3 is 0 Å². The zero-order valence-corrected chi connectivity index (χ0v) is 26.8. The highest BCUT2D eigenvalue weighted by Gasteiger charge is 2.24. The van der Waals surface area contributed by atoms with Crippen LogP contribution >= 0.6 is 0 Å². The number of unbranched alkanes of at least 4 members (excludes halogenated alkanes) is 24.